The number of benzene rings is 3. The fourth-order valence-electron chi connectivity index (χ4n) is 4.50. The van der Waals surface area contributed by atoms with Crippen LogP contribution in [0.3, 0.4) is 0 Å². The Kier molecular flexibility index (Phi) is 7.82. The van der Waals surface area contributed by atoms with E-state index in [1.165, 1.54) is 66.3 Å². The second-order valence-corrected chi connectivity index (χ2v) is 9.23. The van der Waals surface area contributed by atoms with Crippen LogP contribution in [0.5, 0.6) is 5.75 Å². The molecule has 0 saturated carbocycles. The van der Waals surface area contributed by atoms with Gasteiger partial charge in [0.15, 0.2) is 0 Å². The number of hydrogen-bond acceptors (Lipinski definition) is 1. The highest BCUT2D eigenvalue weighted by Crippen LogP contribution is 2.32. The largest absolute Gasteiger partial charge is 0.493 e. The van der Waals surface area contributed by atoms with Gasteiger partial charge in [-0.3, -0.25) is 0 Å². The van der Waals surface area contributed by atoms with Gasteiger partial charge in [0, 0.05) is 11.8 Å². The normalized spacial score (nSPS) is 17.9. The summed E-state index contributed by atoms with van der Waals surface area (Å²) in [5, 5.41) is 0. The van der Waals surface area contributed by atoms with Crippen molar-refractivity contribution in [2.45, 2.75) is 58.3 Å². The Balaban J connectivity index is 1.30. The maximum atomic E-state index is 5.99. The van der Waals surface area contributed by atoms with Gasteiger partial charge in [-0.25, -0.2) is 0 Å². The van der Waals surface area contributed by atoms with E-state index < -0.39 is 0 Å². The van der Waals surface area contributed by atoms with Crippen molar-refractivity contribution in [1.82, 2.24) is 0 Å². The molecular formula is C31H36O. The molecule has 1 heteroatoms. The van der Waals surface area contributed by atoms with Gasteiger partial charge < -0.3 is 4.74 Å². The van der Waals surface area contributed by atoms with Gasteiger partial charge >= 0.3 is 0 Å². The van der Waals surface area contributed by atoms with E-state index in [4.69, 9.17) is 4.74 Å². The van der Waals surface area contributed by atoms with E-state index in [1.54, 1.807) is 0 Å². The molecule has 3 aromatic rings. The monoisotopic (exact) mass is 424 g/mol. The number of rotatable bonds is 9. The van der Waals surface area contributed by atoms with E-state index in [2.05, 4.69) is 98.8 Å². The molecule has 2 unspecified atom stereocenters. The predicted molar refractivity (Wildman–Crippen MR) is 136 cm³/mol. The Morgan fingerprint density at radius 1 is 0.750 bits per heavy atom. The van der Waals surface area contributed by atoms with Gasteiger partial charge in [0.25, 0.3) is 0 Å². The quantitative estimate of drug-likeness (QED) is 0.247. The van der Waals surface area contributed by atoms with Crippen LogP contribution in [-0.4, -0.2) is 6.61 Å². The first-order chi connectivity index (χ1) is 15.7. The van der Waals surface area contributed by atoms with Crippen LogP contribution in [0.2, 0.25) is 0 Å². The van der Waals surface area contributed by atoms with Crippen molar-refractivity contribution in [3.05, 3.63) is 102 Å². The molecule has 0 aliphatic heterocycles. The third kappa shape index (κ3) is 6.13. The summed E-state index contributed by atoms with van der Waals surface area (Å²) in [4.78, 5) is 0. The molecule has 0 radical (unpaired) electrons. The van der Waals surface area contributed by atoms with Crippen molar-refractivity contribution in [3.63, 3.8) is 0 Å². The minimum absolute atomic E-state index is 0.502. The molecule has 3 aromatic carbocycles. The summed E-state index contributed by atoms with van der Waals surface area (Å²) in [6, 6.07) is 26.6. The molecular weight excluding hydrogens is 388 g/mol. The molecule has 166 valence electrons. The van der Waals surface area contributed by atoms with E-state index in [1.807, 2.05) is 0 Å². The Labute approximate surface area is 194 Å². The molecule has 0 amide bonds. The van der Waals surface area contributed by atoms with Gasteiger partial charge in [-0.05, 0) is 67.0 Å². The molecule has 0 aromatic heterocycles. The van der Waals surface area contributed by atoms with Gasteiger partial charge in [-0.2, -0.15) is 0 Å². The lowest BCUT2D eigenvalue weighted by atomic mass is 9.84. The molecule has 0 fully saturated rings. The van der Waals surface area contributed by atoms with E-state index in [-0.39, 0.29) is 0 Å². The molecule has 0 bridgehead atoms. The smallest absolute Gasteiger partial charge is 0.119 e. The third-order valence-electron chi connectivity index (χ3n) is 6.64. The van der Waals surface area contributed by atoms with E-state index in [0.29, 0.717) is 11.8 Å². The van der Waals surface area contributed by atoms with Crippen LogP contribution >= 0.6 is 0 Å². The first kappa shape index (κ1) is 22.4. The summed E-state index contributed by atoms with van der Waals surface area (Å²) < 4.78 is 5.99. The average molecular weight is 425 g/mol. The maximum Gasteiger partial charge on any atom is 0.119 e. The SMILES string of the molecule is CCCCCc1ccc(-c2ccc(C3C=CC(COc4ccc(C)cc4)CC3)cc2)cc1. The van der Waals surface area contributed by atoms with Crippen molar-refractivity contribution < 1.29 is 4.74 Å². The summed E-state index contributed by atoms with van der Waals surface area (Å²) in [5.74, 6) is 1.99. The van der Waals surface area contributed by atoms with E-state index in [0.717, 1.165) is 12.4 Å². The van der Waals surface area contributed by atoms with Gasteiger partial charge in [-0.15, -0.1) is 0 Å². The highest BCUT2D eigenvalue weighted by atomic mass is 16.5. The average Bonchev–Trinajstić information content (AvgIpc) is 2.85. The van der Waals surface area contributed by atoms with Crippen LogP contribution < -0.4 is 4.74 Å². The first-order valence-electron chi connectivity index (χ1n) is 12.3. The Morgan fingerprint density at radius 2 is 1.44 bits per heavy atom. The lowest BCUT2D eigenvalue weighted by Crippen LogP contribution is -2.15. The van der Waals surface area contributed by atoms with Crippen molar-refractivity contribution in [2.75, 3.05) is 6.61 Å². The fourth-order valence-corrected chi connectivity index (χ4v) is 4.50. The second-order valence-electron chi connectivity index (χ2n) is 9.23. The second kappa shape index (κ2) is 11.2. The summed E-state index contributed by atoms with van der Waals surface area (Å²) in [6.45, 7) is 5.13. The minimum atomic E-state index is 0.502. The molecule has 32 heavy (non-hydrogen) atoms. The minimum Gasteiger partial charge on any atom is -0.493 e. The zero-order chi connectivity index (χ0) is 22.2. The molecule has 0 N–H and O–H groups in total. The van der Waals surface area contributed by atoms with Crippen LogP contribution in [-0.2, 0) is 6.42 Å². The number of allylic oxidation sites excluding steroid dienone is 1. The number of ether oxygens (including phenoxy) is 1. The number of aryl methyl sites for hydroxylation is 2. The zero-order valence-electron chi connectivity index (χ0n) is 19.6. The molecule has 2 atom stereocenters. The summed E-state index contributed by atoms with van der Waals surface area (Å²) >= 11 is 0. The Bertz CT molecular complexity index is 980. The van der Waals surface area contributed by atoms with Gasteiger partial charge in [0.2, 0.25) is 0 Å². The van der Waals surface area contributed by atoms with Crippen LogP contribution in [0.25, 0.3) is 11.1 Å². The van der Waals surface area contributed by atoms with Crippen LogP contribution in [0.1, 0.15) is 61.6 Å². The molecule has 1 nitrogen and oxygen atoms in total. The molecule has 0 spiro atoms. The molecule has 1 aliphatic carbocycles. The van der Waals surface area contributed by atoms with Crippen LogP contribution in [0.15, 0.2) is 84.9 Å². The third-order valence-corrected chi connectivity index (χ3v) is 6.64. The predicted octanol–water partition coefficient (Wildman–Crippen LogP) is 8.52. The number of hydrogen-bond donors (Lipinski definition) is 0. The fraction of sp³-hybridized carbons (Fsp3) is 0.355. The van der Waals surface area contributed by atoms with E-state index >= 15 is 0 Å². The summed E-state index contributed by atoms with van der Waals surface area (Å²) in [5.41, 5.74) is 6.75. The Morgan fingerprint density at radius 3 is 2.06 bits per heavy atom. The first-order valence-corrected chi connectivity index (χ1v) is 12.3. The summed E-state index contributed by atoms with van der Waals surface area (Å²) in [7, 11) is 0. The van der Waals surface area contributed by atoms with Crippen LogP contribution in [0.4, 0.5) is 0 Å². The highest BCUT2D eigenvalue weighted by molar-refractivity contribution is 5.64. The molecule has 4 rings (SSSR count). The van der Waals surface area contributed by atoms with Crippen molar-refractivity contribution >= 4 is 0 Å². The maximum absolute atomic E-state index is 5.99. The highest BCUT2D eigenvalue weighted by Gasteiger charge is 2.18. The van der Waals surface area contributed by atoms with Crippen molar-refractivity contribution in [1.29, 1.82) is 0 Å². The van der Waals surface area contributed by atoms with Crippen LogP contribution in [0, 0.1) is 12.8 Å². The van der Waals surface area contributed by atoms with Gasteiger partial charge in [0.05, 0.1) is 6.61 Å². The molecule has 0 heterocycles. The standard InChI is InChI=1S/C31H36O/c1-3-4-5-6-25-9-13-27(14-10-25)29-17-19-30(20-18-29)28-15-11-26(12-16-28)23-32-31-21-7-24(2)8-22-31/h7-11,13-15,17-22,26,28H,3-6,12,16,23H2,1-2H3. The molecule has 0 saturated heterocycles. The van der Waals surface area contributed by atoms with Gasteiger partial charge in [0.1, 0.15) is 5.75 Å². The van der Waals surface area contributed by atoms with E-state index in [9.17, 15) is 0 Å². The van der Waals surface area contributed by atoms with Crippen molar-refractivity contribution in [2.24, 2.45) is 5.92 Å². The lowest BCUT2D eigenvalue weighted by Gasteiger charge is -2.23. The van der Waals surface area contributed by atoms with Gasteiger partial charge in [-0.1, -0.05) is 98.1 Å². The topological polar surface area (TPSA) is 9.23 Å². The lowest BCUT2D eigenvalue weighted by molar-refractivity contribution is 0.260. The zero-order valence-corrected chi connectivity index (χ0v) is 19.6. The molecule has 1 aliphatic rings. The number of unbranched alkanes of at least 4 members (excludes halogenated alkanes) is 2. The Hall–Kier alpha value is -2.80. The van der Waals surface area contributed by atoms with Crippen molar-refractivity contribution in [3.8, 4) is 16.9 Å². The summed E-state index contributed by atoms with van der Waals surface area (Å²) in [6.07, 6.45) is 12.2.